The summed E-state index contributed by atoms with van der Waals surface area (Å²) < 4.78 is 0. The summed E-state index contributed by atoms with van der Waals surface area (Å²) >= 11 is 0. The van der Waals surface area contributed by atoms with Crippen molar-refractivity contribution >= 4 is 11.9 Å². The molecule has 3 rings (SSSR count). The summed E-state index contributed by atoms with van der Waals surface area (Å²) in [5.41, 5.74) is 1.30. The van der Waals surface area contributed by atoms with Gasteiger partial charge in [0.15, 0.2) is 0 Å². The highest BCUT2D eigenvalue weighted by atomic mass is 16.2. The maximum Gasteiger partial charge on any atom is 0.327 e. The number of hydrogen-bond acceptors (Lipinski definition) is 4. The van der Waals surface area contributed by atoms with Crippen molar-refractivity contribution in [2.75, 3.05) is 33.9 Å². The number of urea groups is 1. The van der Waals surface area contributed by atoms with E-state index in [-0.39, 0.29) is 24.0 Å². The SMILES string of the molecule is CN1C(=O)[C@@H]2CN(CCc3ccccc3)CN[C@@H]2N(C)C1=O. The Balaban J connectivity index is 1.63. The Hall–Kier alpha value is -1.92. The molecule has 2 atom stereocenters. The van der Waals surface area contributed by atoms with Crippen molar-refractivity contribution in [2.45, 2.75) is 12.6 Å². The van der Waals surface area contributed by atoms with Gasteiger partial charge in [0.1, 0.15) is 0 Å². The fourth-order valence-electron chi connectivity index (χ4n) is 3.23. The maximum absolute atomic E-state index is 12.3. The van der Waals surface area contributed by atoms with Gasteiger partial charge in [0.05, 0.1) is 12.1 Å². The van der Waals surface area contributed by atoms with E-state index in [0.29, 0.717) is 13.2 Å². The number of nitrogens with one attached hydrogen (secondary N) is 1. The zero-order chi connectivity index (χ0) is 15.7. The highest BCUT2D eigenvalue weighted by Gasteiger charge is 2.45. The molecule has 3 amide bonds. The number of imide groups is 1. The van der Waals surface area contributed by atoms with Crippen molar-refractivity contribution in [3.05, 3.63) is 35.9 Å². The minimum absolute atomic E-state index is 0.0926. The Bertz CT molecular complexity index is 563. The largest absolute Gasteiger partial charge is 0.327 e. The second kappa shape index (κ2) is 6.06. The summed E-state index contributed by atoms with van der Waals surface area (Å²) in [6.45, 7) is 2.28. The van der Waals surface area contributed by atoms with E-state index < -0.39 is 0 Å². The summed E-state index contributed by atoms with van der Waals surface area (Å²) in [7, 11) is 3.30. The van der Waals surface area contributed by atoms with E-state index >= 15 is 0 Å². The number of hydrogen-bond donors (Lipinski definition) is 1. The third-order valence-corrected chi connectivity index (χ3v) is 4.57. The van der Waals surface area contributed by atoms with Crippen LogP contribution in [0.5, 0.6) is 0 Å². The number of carbonyl (C=O) groups is 2. The zero-order valence-electron chi connectivity index (χ0n) is 13.0. The van der Waals surface area contributed by atoms with Crippen LogP contribution in [-0.4, -0.2) is 66.7 Å². The van der Waals surface area contributed by atoms with E-state index in [4.69, 9.17) is 0 Å². The van der Waals surface area contributed by atoms with Gasteiger partial charge in [0.25, 0.3) is 0 Å². The van der Waals surface area contributed by atoms with Crippen LogP contribution in [0.15, 0.2) is 30.3 Å². The molecule has 1 N–H and O–H groups in total. The van der Waals surface area contributed by atoms with Crippen LogP contribution in [0.4, 0.5) is 4.79 Å². The molecule has 2 aliphatic rings. The molecule has 0 saturated carbocycles. The molecule has 118 valence electrons. The molecular weight excluding hydrogens is 280 g/mol. The molecule has 2 aliphatic heterocycles. The number of carbonyl (C=O) groups excluding carboxylic acids is 2. The third kappa shape index (κ3) is 2.71. The fraction of sp³-hybridized carbons (Fsp3) is 0.500. The first-order valence-corrected chi connectivity index (χ1v) is 7.62. The van der Waals surface area contributed by atoms with Gasteiger partial charge in [-0.2, -0.15) is 0 Å². The molecule has 1 aromatic carbocycles. The van der Waals surface area contributed by atoms with Crippen LogP contribution in [0.3, 0.4) is 0 Å². The summed E-state index contributed by atoms with van der Waals surface area (Å²) in [6, 6.07) is 10.1. The number of amides is 3. The third-order valence-electron chi connectivity index (χ3n) is 4.57. The molecule has 0 radical (unpaired) electrons. The van der Waals surface area contributed by atoms with E-state index in [1.165, 1.54) is 10.5 Å². The van der Waals surface area contributed by atoms with Crippen LogP contribution < -0.4 is 5.32 Å². The van der Waals surface area contributed by atoms with Crippen LogP contribution in [0.2, 0.25) is 0 Å². The number of fused-ring (bicyclic) bond motifs is 1. The van der Waals surface area contributed by atoms with Gasteiger partial charge < -0.3 is 4.90 Å². The van der Waals surface area contributed by atoms with E-state index in [9.17, 15) is 9.59 Å². The Morgan fingerprint density at radius 2 is 1.91 bits per heavy atom. The predicted molar refractivity (Wildman–Crippen MR) is 82.9 cm³/mol. The first-order valence-electron chi connectivity index (χ1n) is 7.62. The van der Waals surface area contributed by atoms with Crippen molar-refractivity contribution in [1.29, 1.82) is 0 Å². The lowest BCUT2D eigenvalue weighted by molar-refractivity contribution is -0.141. The molecule has 6 heteroatoms. The quantitative estimate of drug-likeness (QED) is 0.886. The Kier molecular flexibility index (Phi) is 4.13. The smallest absolute Gasteiger partial charge is 0.311 e. The molecule has 0 aliphatic carbocycles. The van der Waals surface area contributed by atoms with Crippen LogP contribution in [0.1, 0.15) is 5.56 Å². The van der Waals surface area contributed by atoms with E-state index in [1.807, 2.05) is 18.2 Å². The first-order chi connectivity index (χ1) is 10.6. The van der Waals surface area contributed by atoms with Gasteiger partial charge in [-0.15, -0.1) is 0 Å². The summed E-state index contributed by atoms with van der Waals surface area (Å²) in [5, 5.41) is 3.32. The molecule has 1 aromatic rings. The molecule has 0 spiro atoms. The van der Waals surface area contributed by atoms with Crippen molar-refractivity contribution in [2.24, 2.45) is 5.92 Å². The molecule has 2 saturated heterocycles. The fourth-order valence-corrected chi connectivity index (χ4v) is 3.23. The summed E-state index contributed by atoms with van der Waals surface area (Å²) in [5.74, 6) is -0.290. The minimum atomic E-state index is -0.239. The monoisotopic (exact) mass is 302 g/mol. The molecule has 2 fully saturated rings. The Labute approximate surface area is 130 Å². The van der Waals surface area contributed by atoms with Gasteiger partial charge in [0.2, 0.25) is 5.91 Å². The number of nitrogens with zero attached hydrogens (tertiary/aromatic N) is 3. The van der Waals surface area contributed by atoms with E-state index in [2.05, 4.69) is 22.3 Å². The molecule has 2 heterocycles. The summed E-state index contributed by atoms with van der Waals surface area (Å²) in [6.07, 6.45) is 0.766. The molecule has 0 unspecified atom stereocenters. The molecule has 22 heavy (non-hydrogen) atoms. The number of benzene rings is 1. The van der Waals surface area contributed by atoms with Crippen LogP contribution in [0, 0.1) is 5.92 Å². The average molecular weight is 302 g/mol. The van der Waals surface area contributed by atoms with Crippen LogP contribution in [0.25, 0.3) is 0 Å². The average Bonchev–Trinajstić information content (AvgIpc) is 2.57. The van der Waals surface area contributed by atoms with E-state index in [1.54, 1.807) is 19.0 Å². The maximum atomic E-state index is 12.3. The van der Waals surface area contributed by atoms with Gasteiger partial charge in [-0.1, -0.05) is 30.3 Å². The zero-order valence-corrected chi connectivity index (χ0v) is 13.0. The number of rotatable bonds is 3. The van der Waals surface area contributed by atoms with Gasteiger partial charge in [-0.3, -0.25) is 19.9 Å². The second-order valence-electron chi connectivity index (χ2n) is 6.02. The normalized spacial score (nSPS) is 26.3. The highest BCUT2D eigenvalue weighted by molar-refractivity contribution is 5.98. The highest BCUT2D eigenvalue weighted by Crippen LogP contribution is 2.23. The minimum Gasteiger partial charge on any atom is -0.311 e. The van der Waals surface area contributed by atoms with Gasteiger partial charge in [0, 0.05) is 33.9 Å². The lowest BCUT2D eigenvalue weighted by Gasteiger charge is -2.47. The Morgan fingerprint density at radius 3 is 2.64 bits per heavy atom. The first kappa shape index (κ1) is 15.0. The predicted octanol–water partition coefficient (Wildman–Crippen LogP) is 0.558. The van der Waals surface area contributed by atoms with Gasteiger partial charge in [-0.05, 0) is 12.0 Å². The molecule has 0 aromatic heterocycles. The van der Waals surface area contributed by atoms with Crippen molar-refractivity contribution in [3.63, 3.8) is 0 Å². The lowest BCUT2D eigenvalue weighted by Crippen LogP contribution is -2.69. The van der Waals surface area contributed by atoms with Gasteiger partial charge in [-0.25, -0.2) is 4.79 Å². The summed E-state index contributed by atoms with van der Waals surface area (Å²) in [4.78, 5) is 29.4. The standard InChI is InChI=1S/C16H22N4O2/c1-18-14-13(15(21)19(2)16(18)22)10-20(11-17-14)9-8-12-6-4-3-5-7-12/h3-7,13-14,17H,8-11H2,1-2H3/t13-,14-/m1/s1. The lowest BCUT2D eigenvalue weighted by atomic mass is 9.98. The molecular formula is C16H22N4O2. The second-order valence-corrected chi connectivity index (χ2v) is 6.02. The molecule has 0 bridgehead atoms. The van der Waals surface area contributed by atoms with Crippen molar-refractivity contribution < 1.29 is 9.59 Å². The van der Waals surface area contributed by atoms with Crippen LogP contribution >= 0.6 is 0 Å². The van der Waals surface area contributed by atoms with Crippen LogP contribution in [-0.2, 0) is 11.2 Å². The van der Waals surface area contributed by atoms with Crippen molar-refractivity contribution in [3.8, 4) is 0 Å². The van der Waals surface area contributed by atoms with E-state index in [0.717, 1.165) is 13.0 Å². The molecule has 6 nitrogen and oxygen atoms in total. The van der Waals surface area contributed by atoms with Crippen molar-refractivity contribution in [1.82, 2.24) is 20.0 Å². The topological polar surface area (TPSA) is 55.9 Å². The Morgan fingerprint density at radius 1 is 1.18 bits per heavy atom. The van der Waals surface area contributed by atoms with Gasteiger partial charge >= 0.3 is 6.03 Å².